The summed E-state index contributed by atoms with van der Waals surface area (Å²) in [5, 5.41) is 20.8. The number of carboxylic acids is 1. The van der Waals surface area contributed by atoms with Crippen molar-refractivity contribution in [1.29, 1.82) is 0 Å². The summed E-state index contributed by atoms with van der Waals surface area (Å²) in [5.74, 6) is -2.16. The van der Waals surface area contributed by atoms with E-state index in [-0.39, 0.29) is 19.4 Å². The summed E-state index contributed by atoms with van der Waals surface area (Å²) in [6, 6.07) is -2.88. The van der Waals surface area contributed by atoms with E-state index in [2.05, 4.69) is 5.32 Å². The number of nitrogens with zero attached hydrogens (tertiary/aromatic N) is 2. The number of nitrogens with one attached hydrogen (secondary N) is 1. The number of aliphatic hydroxyl groups excluding tert-OH is 1. The Kier molecular flexibility index (Phi) is 3.62. The molecule has 3 atom stereocenters. The zero-order chi connectivity index (χ0) is 15.0. The summed E-state index contributed by atoms with van der Waals surface area (Å²) in [7, 11) is 1.32. The lowest BCUT2D eigenvalue weighted by atomic mass is 10.2. The zero-order valence-electron chi connectivity index (χ0n) is 10.8. The molecule has 2 aliphatic rings. The molecule has 110 valence electrons. The van der Waals surface area contributed by atoms with Gasteiger partial charge in [0.25, 0.3) is 5.91 Å². The maximum Gasteiger partial charge on any atom is 0.326 e. The minimum Gasteiger partial charge on any atom is -0.480 e. The quantitative estimate of drug-likeness (QED) is 0.502. The van der Waals surface area contributed by atoms with Crippen LogP contribution in [0.1, 0.15) is 12.8 Å². The molecule has 0 bridgehead atoms. The molecule has 4 amide bonds. The minimum absolute atomic E-state index is 0.0554. The highest BCUT2D eigenvalue weighted by Gasteiger charge is 2.42. The first-order valence-electron chi connectivity index (χ1n) is 6.09. The lowest BCUT2D eigenvalue weighted by Crippen LogP contribution is -2.51. The molecule has 9 nitrogen and oxygen atoms in total. The molecule has 0 aromatic heterocycles. The lowest BCUT2D eigenvalue weighted by Gasteiger charge is -2.23. The van der Waals surface area contributed by atoms with Crippen LogP contribution in [0.5, 0.6) is 0 Å². The van der Waals surface area contributed by atoms with Gasteiger partial charge in [0.15, 0.2) is 0 Å². The minimum atomic E-state index is -1.22. The Morgan fingerprint density at radius 1 is 1.35 bits per heavy atom. The molecule has 2 saturated heterocycles. The Balaban J connectivity index is 2.03. The number of carbonyl (C=O) groups excluding carboxylic acids is 3. The van der Waals surface area contributed by atoms with E-state index in [4.69, 9.17) is 5.11 Å². The maximum atomic E-state index is 12.0. The number of aliphatic hydroxyl groups is 1. The summed E-state index contributed by atoms with van der Waals surface area (Å²) >= 11 is 0. The van der Waals surface area contributed by atoms with E-state index >= 15 is 0 Å². The predicted molar refractivity (Wildman–Crippen MR) is 63.5 cm³/mol. The van der Waals surface area contributed by atoms with Crippen molar-refractivity contribution < 1.29 is 29.4 Å². The van der Waals surface area contributed by atoms with Crippen LogP contribution >= 0.6 is 0 Å². The van der Waals surface area contributed by atoms with Crippen molar-refractivity contribution in [3.8, 4) is 0 Å². The number of carbonyl (C=O) groups is 4. The number of aliphatic carboxylic acids is 1. The Hall–Kier alpha value is -2.16. The number of rotatable bonds is 2. The van der Waals surface area contributed by atoms with Crippen LogP contribution in [0.3, 0.4) is 0 Å². The van der Waals surface area contributed by atoms with Gasteiger partial charge in [-0.05, 0) is 0 Å². The van der Waals surface area contributed by atoms with Gasteiger partial charge in [0.2, 0.25) is 5.91 Å². The second-order valence-corrected chi connectivity index (χ2v) is 4.89. The van der Waals surface area contributed by atoms with Crippen LogP contribution in [0, 0.1) is 0 Å². The second-order valence-electron chi connectivity index (χ2n) is 4.89. The number of carboxylic acid groups (broad SMARTS) is 1. The largest absolute Gasteiger partial charge is 0.480 e. The molecule has 9 heteroatoms. The van der Waals surface area contributed by atoms with Crippen molar-refractivity contribution in [2.24, 2.45) is 0 Å². The highest BCUT2D eigenvalue weighted by molar-refractivity contribution is 6.06. The summed E-state index contributed by atoms with van der Waals surface area (Å²) in [6.07, 6.45) is -1.11. The van der Waals surface area contributed by atoms with Crippen LogP contribution in [0.15, 0.2) is 0 Å². The molecule has 2 fully saturated rings. The van der Waals surface area contributed by atoms with Gasteiger partial charge < -0.3 is 20.4 Å². The summed E-state index contributed by atoms with van der Waals surface area (Å²) < 4.78 is 0. The van der Waals surface area contributed by atoms with Gasteiger partial charge >= 0.3 is 12.0 Å². The fourth-order valence-electron chi connectivity index (χ4n) is 2.37. The van der Waals surface area contributed by atoms with Crippen LogP contribution in [0.2, 0.25) is 0 Å². The molecule has 0 radical (unpaired) electrons. The Morgan fingerprint density at radius 2 is 2.00 bits per heavy atom. The first-order chi connectivity index (χ1) is 9.31. The number of urea groups is 1. The Bertz CT molecular complexity index is 479. The van der Waals surface area contributed by atoms with E-state index in [0.717, 1.165) is 9.80 Å². The van der Waals surface area contributed by atoms with Gasteiger partial charge in [0.1, 0.15) is 12.1 Å². The summed E-state index contributed by atoms with van der Waals surface area (Å²) in [6.45, 7) is -0.118. The summed E-state index contributed by atoms with van der Waals surface area (Å²) in [5.41, 5.74) is 0. The van der Waals surface area contributed by atoms with Crippen LogP contribution < -0.4 is 5.32 Å². The number of β-amino-alcohol motifs (C(OH)–C–C–N with tert-alkyl or cyclic N) is 1. The van der Waals surface area contributed by atoms with Crippen molar-refractivity contribution in [2.75, 3.05) is 13.6 Å². The highest BCUT2D eigenvalue weighted by atomic mass is 16.4. The van der Waals surface area contributed by atoms with Crippen LogP contribution in [-0.4, -0.2) is 75.6 Å². The van der Waals surface area contributed by atoms with Crippen molar-refractivity contribution in [1.82, 2.24) is 15.1 Å². The van der Waals surface area contributed by atoms with Gasteiger partial charge in [-0.25, -0.2) is 9.59 Å². The standard InChI is InChI=1S/C11H15N3O6/c1-13-8(16)3-6(9(13)17)12-11(20)14-4-5(15)2-7(14)10(18)19/h5-7,15H,2-4H2,1H3,(H,12,20)(H,18,19)/t5-,6?,7-/m0/s1. The van der Waals surface area contributed by atoms with E-state index in [1.807, 2.05) is 0 Å². The Morgan fingerprint density at radius 3 is 2.50 bits per heavy atom. The molecule has 0 aliphatic carbocycles. The van der Waals surface area contributed by atoms with Crippen LogP contribution in [0.4, 0.5) is 4.79 Å². The Labute approximate surface area is 114 Å². The second kappa shape index (κ2) is 5.08. The number of likely N-dealkylation sites (N-methyl/N-ethyl adjacent to an activating group) is 1. The number of likely N-dealkylation sites (tertiary alicyclic amines) is 2. The van der Waals surface area contributed by atoms with Gasteiger partial charge in [0.05, 0.1) is 12.5 Å². The topological polar surface area (TPSA) is 127 Å². The molecule has 3 N–H and O–H groups in total. The molecule has 20 heavy (non-hydrogen) atoms. The molecule has 2 rings (SSSR count). The predicted octanol–water partition coefficient (Wildman–Crippen LogP) is -2.03. The van der Waals surface area contributed by atoms with Crippen LogP contribution in [0.25, 0.3) is 0 Å². The van der Waals surface area contributed by atoms with E-state index in [1.54, 1.807) is 0 Å². The first-order valence-corrected chi connectivity index (χ1v) is 6.09. The van der Waals surface area contributed by atoms with Gasteiger partial charge in [-0.3, -0.25) is 14.5 Å². The monoisotopic (exact) mass is 285 g/mol. The number of hydrogen-bond acceptors (Lipinski definition) is 5. The third kappa shape index (κ3) is 2.44. The molecule has 0 aromatic rings. The van der Waals surface area contributed by atoms with Crippen molar-refractivity contribution in [3.63, 3.8) is 0 Å². The molecule has 0 spiro atoms. The van der Waals surface area contributed by atoms with E-state index in [0.29, 0.717) is 0 Å². The fourth-order valence-corrected chi connectivity index (χ4v) is 2.37. The number of hydrogen-bond donors (Lipinski definition) is 3. The number of imide groups is 1. The van der Waals surface area contributed by atoms with Crippen molar-refractivity contribution in [3.05, 3.63) is 0 Å². The van der Waals surface area contributed by atoms with Crippen LogP contribution in [-0.2, 0) is 14.4 Å². The van der Waals surface area contributed by atoms with Gasteiger partial charge in [-0.2, -0.15) is 0 Å². The summed E-state index contributed by atoms with van der Waals surface area (Å²) in [4.78, 5) is 47.8. The molecule has 2 aliphatic heterocycles. The van der Waals surface area contributed by atoms with E-state index in [1.165, 1.54) is 7.05 Å². The van der Waals surface area contributed by atoms with Gasteiger partial charge in [0, 0.05) is 20.0 Å². The fraction of sp³-hybridized carbons (Fsp3) is 0.636. The molecule has 1 unspecified atom stereocenters. The lowest BCUT2D eigenvalue weighted by molar-refractivity contribution is -0.141. The molecule has 0 aromatic carbocycles. The van der Waals surface area contributed by atoms with E-state index in [9.17, 15) is 24.3 Å². The van der Waals surface area contributed by atoms with Crippen molar-refractivity contribution >= 4 is 23.8 Å². The molecular formula is C11H15N3O6. The highest BCUT2D eigenvalue weighted by Crippen LogP contribution is 2.19. The average molecular weight is 285 g/mol. The maximum absolute atomic E-state index is 12.0. The molecular weight excluding hydrogens is 270 g/mol. The number of amides is 4. The van der Waals surface area contributed by atoms with Gasteiger partial charge in [-0.1, -0.05) is 0 Å². The van der Waals surface area contributed by atoms with Gasteiger partial charge in [-0.15, -0.1) is 0 Å². The third-order valence-electron chi connectivity index (χ3n) is 3.50. The first kappa shape index (κ1) is 14.3. The normalized spacial score (nSPS) is 30.0. The third-order valence-corrected chi connectivity index (χ3v) is 3.50. The zero-order valence-corrected chi connectivity index (χ0v) is 10.8. The van der Waals surface area contributed by atoms with Crippen molar-refractivity contribution in [2.45, 2.75) is 31.0 Å². The van der Waals surface area contributed by atoms with E-state index < -0.39 is 42.0 Å². The SMILES string of the molecule is CN1C(=O)CC(NC(=O)N2C[C@@H](O)C[C@H]2C(=O)O)C1=O. The average Bonchev–Trinajstić information content (AvgIpc) is 2.87. The molecule has 2 heterocycles. The smallest absolute Gasteiger partial charge is 0.326 e. The molecule has 0 saturated carbocycles.